The van der Waals surface area contributed by atoms with Crippen LogP contribution in [0, 0.1) is 6.92 Å². The van der Waals surface area contributed by atoms with Gasteiger partial charge in [0.25, 0.3) is 0 Å². The largest absolute Gasteiger partial charge is 0.507 e. The van der Waals surface area contributed by atoms with Gasteiger partial charge in [0.1, 0.15) is 23.8 Å². The number of ether oxygens (including phenoxy) is 2. The van der Waals surface area contributed by atoms with E-state index in [1.165, 1.54) is 36.4 Å². The number of hydrogen-bond donors (Lipinski definition) is 1. The van der Waals surface area contributed by atoms with Crippen molar-refractivity contribution in [2.75, 3.05) is 6.54 Å². The molecule has 0 unspecified atom stereocenters. The van der Waals surface area contributed by atoms with E-state index in [1.807, 2.05) is 0 Å². The van der Waals surface area contributed by atoms with Crippen LogP contribution in [0.2, 0.25) is 0 Å². The fourth-order valence-corrected chi connectivity index (χ4v) is 4.89. The van der Waals surface area contributed by atoms with Crippen LogP contribution in [-0.2, 0) is 27.5 Å². The number of aromatic nitrogens is 1. The van der Waals surface area contributed by atoms with Crippen molar-refractivity contribution in [3.63, 3.8) is 0 Å². The number of carboxylic acid groups (broad SMARTS) is 1. The van der Waals surface area contributed by atoms with Gasteiger partial charge in [-0.25, -0.2) is 18.2 Å². The van der Waals surface area contributed by atoms with Gasteiger partial charge < -0.3 is 19.0 Å². The fraction of sp³-hybridized carbons (Fsp3) is 0.273. The number of alkyl halides is 3. The SMILES string of the molecule is Cc1oc(-c2ccc(C(F)(F)F)cc2)nc1COc1ccc(S(=O)(=O)N2CC[C@H]2OC(=O)O)cc1. The number of aryl methyl sites for hydroxylation is 1. The Morgan fingerprint density at radius 3 is 2.37 bits per heavy atom. The van der Waals surface area contributed by atoms with E-state index in [1.54, 1.807) is 6.92 Å². The molecule has 0 bridgehead atoms. The lowest BCUT2D eigenvalue weighted by molar-refractivity contribution is -0.137. The third kappa shape index (κ3) is 5.25. The Hall–Kier alpha value is -3.58. The molecule has 1 aromatic heterocycles. The highest BCUT2D eigenvalue weighted by Crippen LogP contribution is 2.32. The molecule has 13 heteroatoms. The molecule has 4 rings (SSSR count). The Balaban J connectivity index is 1.41. The van der Waals surface area contributed by atoms with Gasteiger partial charge in [-0.3, -0.25) is 0 Å². The summed E-state index contributed by atoms with van der Waals surface area (Å²) in [4.78, 5) is 14.9. The molecule has 0 saturated carbocycles. The summed E-state index contributed by atoms with van der Waals surface area (Å²) >= 11 is 0. The molecule has 0 spiro atoms. The molecule has 35 heavy (non-hydrogen) atoms. The lowest BCUT2D eigenvalue weighted by Gasteiger charge is -2.37. The van der Waals surface area contributed by atoms with Crippen molar-refractivity contribution in [1.29, 1.82) is 0 Å². The Morgan fingerprint density at radius 1 is 1.17 bits per heavy atom. The predicted octanol–water partition coefficient (Wildman–Crippen LogP) is 4.66. The maximum atomic E-state index is 12.7. The van der Waals surface area contributed by atoms with Crippen LogP contribution in [0.3, 0.4) is 0 Å². The van der Waals surface area contributed by atoms with Crippen LogP contribution in [0.15, 0.2) is 57.8 Å². The number of nitrogens with zero attached hydrogens (tertiary/aromatic N) is 2. The molecule has 1 saturated heterocycles. The minimum atomic E-state index is -4.44. The van der Waals surface area contributed by atoms with Gasteiger partial charge in [0, 0.05) is 18.5 Å². The van der Waals surface area contributed by atoms with Gasteiger partial charge in [-0.2, -0.15) is 17.5 Å². The van der Waals surface area contributed by atoms with Gasteiger partial charge >= 0.3 is 12.3 Å². The van der Waals surface area contributed by atoms with Crippen LogP contribution >= 0.6 is 0 Å². The van der Waals surface area contributed by atoms with Crippen LogP contribution in [0.25, 0.3) is 11.5 Å². The number of sulfonamides is 1. The summed E-state index contributed by atoms with van der Waals surface area (Å²) in [6, 6.07) is 9.93. The molecule has 2 heterocycles. The lowest BCUT2D eigenvalue weighted by Crippen LogP contribution is -2.52. The Morgan fingerprint density at radius 2 is 1.83 bits per heavy atom. The predicted molar refractivity (Wildman–Crippen MR) is 114 cm³/mol. The quantitative estimate of drug-likeness (QED) is 0.454. The summed E-state index contributed by atoms with van der Waals surface area (Å²) in [5.74, 6) is 0.898. The summed E-state index contributed by atoms with van der Waals surface area (Å²) in [6.45, 7) is 1.76. The second-order valence-corrected chi connectivity index (χ2v) is 9.49. The highest BCUT2D eigenvalue weighted by atomic mass is 32.2. The summed E-state index contributed by atoms with van der Waals surface area (Å²) in [6.07, 6.45) is -6.77. The average Bonchev–Trinajstić information content (AvgIpc) is 3.15. The number of hydrogen-bond acceptors (Lipinski definition) is 7. The van der Waals surface area contributed by atoms with Crippen molar-refractivity contribution in [3.8, 4) is 17.2 Å². The first-order valence-corrected chi connectivity index (χ1v) is 11.7. The zero-order valence-corrected chi connectivity index (χ0v) is 19.0. The van der Waals surface area contributed by atoms with Crippen LogP contribution in [0.5, 0.6) is 5.75 Å². The number of oxazole rings is 1. The van der Waals surface area contributed by atoms with Gasteiger partial charge in [-0.15, -0.1) is 0 Å². The van der Waals surface area contributed by atoms with Gasteiger partial charge in [-0.05, 0) is 55.5 Å². The second kappa shape index (κ2) is 9.23. The smallest absolute Gasteiger partial charge is 0.487 e. The van der Waals surface area contributed by atoms with Crippen molar-refractivity contribution < 1.29 is 45.4 Å². The van der Waals surface area contributed by atoms with Gasteiger partial charge in [0.05, 0.1) is 10.5 Å². The summed E-state index contributed by atoms with van der Waals surface area (Å²) < 4.78 is 80.3. The Kier molecular flexibility index (Phi) is 6.47. The number of rotatable bonds is 7. The second-order valence-electron chi connectivity index (χ2n) is 7.60. The van der Waals surface area contributed by atoms with E-state index in [2.05, 4.69) is 9.72 Å². The minimum Gasteiger partial charge on any atom is -0.487 e. The van der Waals surface area contributed by atoms with E-state index in [-0.39, 0.29) is 30.4 Å². The Labute approximate surface area is 197 Å². The first-order valence-electron chi connectivity index (χ1n) is 10.2. The molecule has 1 atom stereocenters. The molecule has 0 amide bonds. The van der Waals surface area contributed by atoms with E-state index >= 15 is 0 Å². The van der Waals surface area contributed by atoms with Crippen molar-refractivity contribution >= 4 is 16.2 Å². The summed E-state index contributed by atoms with van der Waals surface area (Å²) in [5.41, 5.74) is 0.0153. The molecular formula is C22H19F3N2O7S. The summed E-state index contributed by atoms with van der Waals surface area (Å²) in [7, 11) is -3.94. The zero-order valence-electron chi connectivity index (χ0n) is 18.2. The molecule has 0 radical (unpaired) electrons. The van der Waals surface area contributed by atoms with Crippen LogP contribution in [-0.4, -0.2) is 41.7 Å². The summed E-state index contributed by atoms with van der Waals surface area (Å²) in [5, 5.41) is 8.71. The third-order valence-electron chi connectivity index (χ3n) is 5.31. The standard InChI is InChI=1S/C22H19F3N2O7S/c1-13-18(26-20(33-13)14-2-4-15(5-3-14)22(23,24)25)12-32-16-6-8-17(9-7-16)35(30,31)27-11-10-19(27)34-21(28)29/h2-9,19H,10-12H2,1H3,(H,28,29)/t19-/m1/s1. The highest BCUT2D eigenvalue weighted by Gasteiger charge is 2.41. The zero-order chi connectivity index (χ0) is 25.4. The first-order chi connectivity index (χ1) is 16.4. The van der Waals surface area contributed by atoms with E-state index in [0.717, 1.165) is 16.4 Å². The van der Waals surface area contributed by atoms with E-state index in [9.17, 15) is 26.4 Å². The van der Waals surface area contributed by atoms with Crippen molar-refractivity contribution in [3.05, 3.63) is 65.5 Å². The molecule has 0 aliphatic carbocycles. The number of carbonyl (C=O) groups is 1. The maximum Gasteiger partial charge on any atom is 0.507 e. The number of benzene rings is 2. The molecule has 9 nitrogen and oxygen atoms in total. The molecule has 1 fully saturated rings. The van der Waals surface area contributed by atoms with Gasteiger partial charge in [0.2, 0.25) is 15.9 Å². The lowest BCUT2D eigenvalue weighted by atomic mass is 10.1. The molecule has 2 aromatic carbocycles. The van der Waals surface area contributed by atoms with Crippen molar-refractivity contribution in [1.82, 2.24) is 9.29 Å². The number of halogens is 3. The van der Waals surface area contributed by atoms with Gasteiger partial charge in [0.15, 0.2) is 6.23 Å². The molecule has 1 N–H and O–H groups in total. The molecule has 1 aliphatic heterocycles. The minimum absolute atomic E-state index is 0.0251. The maximum absolute atomic E-state index is 12.7. The molecule has 1 aliphatic rings. The molecule has 186 valence electrons. The van der Waals surface area contributed by atoms with Crippen molar-refractivity contribution in [2.24, 2.45) is 0 Å². The first kappa shape index (κ1) is 24.5. The van der Waals surface area contributed by atoms with E-state index < -0.39 is 34.1 Å². The van der Waals surface area contributed by atoms with Gasteiger partial charge in [-0.1, -0.05) is 0 Å². The van der Waals surface area contributed by atoms with Crippen LogP contribution < -0.4 is 4.74 Å². The van der Waals surface area contributed by atoms with Crippen LogP contribution in [0.4, 0.5) is 18.0 Å². The fourth-order valence-electron chi connectivity index (χ4n) is 3.33. The molecular weight excluding hydrogens is 493 g/mol. The molecule has 3 aromatic rings. The van der Waals surface area contributed by atoms with E-state index in [4.69, 9.17) is 14.3 Å². The monoisotopic (exact) mass is 512 g/mol. The Bertz CT molecular complexity index is 1320. The normalized spacial score (nSPS) is 16.5. The third-order valence-corrected chi connectivity index (χ3v) is 7.22. The highest BCUT2D eigenvalue weighted by molar-refractivity contribution is 7.89. The van der Waals surface area contributed by atoms with Crippen molar-refractivity contribution in [2.45, 2.75) is 37.3 Å². The van der Waals surface area contributed by atoms with E-state index in [0.29, 0.717) is 22.8 Å². The topological polar surface area (TPSA) is 119 Å². The average molecular weight is 512 g/mol. The van der Waals surface area contributed by atoms with Crippen LogP contribution in [0.1, 0.15) is 23.4 Å².